The van der Waals surface area contributed by atoms with Crippen molar-refractivity contribution in [2.24, 2.45) is 5.41 Å². The first-order chi connectivity index (χ1) is 9.18. The Balaban J connectivity index is 1.55. The molecule has 104 valence electrons. The van der Waals surface area contributed by atoms with Crippen LogP contribution in [0.15, 0.2) is 24.3 Å². The van der Waals surface area contributed by atoms with Gasteiger partial charge in [-0.15, -0.1) is 0 Å². The molecule has 0 aliphatic carbocycles. The van der Waals surface area contributed by atoms with Gasteiger partial charge >= 0.3 is 0 Å². The van der Waals surface area contributed by atoms with Crippen LogP contribution in [0.4, 0.5) is 0 Å². The number of hydrogen-bond acceptors (Lipinski definition) is 3. The minimum absolute atomic E-state index is 0.342. The lowest BCUT2D eigenvalue weighted by Crippen LogP contribution is -2.37. The van der Waals surface area contributed by atoms with Gasteiger partial charge in [0.1, 0.15) is 11.9 Å². The van der Waals surface area contributed by atoms with E-state index >= 15 is 0 Å². The van der Waals surface area contributed by atoms with Gasteiger partial charge in [0, 0.05) is 26.1 Å². The average Bonchev–Trinajstić information content (AvgIpc) is 2.93. The van der Waals surface area contributed by atoms with Gasteiger partial charge in [-0.05, 0) is 37.1 Å². The van der Waals surface area contributed by atoms with Crippen molar-refractivity contribution in [3.63, 3.8) is 0 Å². The van der Waals surface area contributed by atoms with Crippen molar-refractivity contribution >= 4 is 0 Å². The van der Waals surface area contributed by atoms with Crippen molar-refractivity contribution in [1.82, 2.24) is 10.2 Å². The molecule has 2 heterocycles. The van der Waals surface area contributed by atoms with E-state index in [0.717, 1.165) is 25.3 Å². The first-order valence-corrected chi connectivity index (χ1v) is 7.30. The van der Waals surface area contributed by atoms with Crippen molar-refractivity contribution in [3.8, 4) is 5.75 Å². The molecule has 3 nitrogen and oxygen atoms in total. The third-order valence-electron chi connectivity index (χ3n) is 4.42. The number of likely N-dealkylation sites (tertiary alicyclic amines) is 1. The summed E-state index contributed by atoms with van der Waals surface area (Å²) < 4.78 is 6.04. The fraction of sp³-hybridized carbons (Fsp3) is 0.625. The lowest BCUT2D eigenvalue weighted by molar-refractivity contribution is 0.158. The van der Waals surface area contributed by atoms with Crippen LogP contribution < -0.4 is 10.1 Å². The molecule has 1 aromatic carbocycles. The minimum Gasteiger partial charge on any atom is -0.488 e. The first kappa shape index (κ1) is 12.9. The van der Waals surface area contributed by atoms with Crippen LogP contribution in [0.5, 0.6) is 5.75 Å². The lowest BCUT2D eigenvalue weighted by atomic mass is 9.90. The maximum atomic E-state index is 6.04. The van der Waals surface area contributed by atoms with Gasteiger partial charge in [0.05, 0.1) is 0 Å². The molecule has 0 bridgehead atoms. The third kappa shape index (κ3) is 2.77. The van der Waals surface area contributed by atoms with E-state index in [1.54, 1.807) is 0 Å². The highest BCUT2D eigenvalue weighted by molar-refractivity contribution is 5.37. The predicted molar refractivity (Wildman–Crippen MR) is 77.7 cm³/mol. The standard InChI is InChI=1S/C16H24N2O/c1-16(11-17-2)7-8-18(12-16)10-14-9-13-5-3-4-6-15(13)19-14/h3-6,14,17H,7-12H2,1-2H3. The number of hydrogen-bond donors (Lipinski definition) is 1. The summed E-state index contributed by atoms with van der Waals surface area (Å²) in [6.45, 7) is 6.94. The minimum atomic E-state index is 0.342. The topological polar surface area (TPSA) is 24.5 Å². The summed E-state index contributed by atoms with van der Waals surface area (Å²) in [4.78, 5) is 2.56. The zero-order valence-electron chi connectivity index (χ0n) is 12.0. The first-order valence-electron chi connectivity index (χ1n) is 7.30. The van der Waals surface area contributed by atoms with Crippen molar-refractivity contribution in [2.75, 3.05) is 33.2 Å². The number of fused-ring (bicyclic) bond motifs is 1. The molecule has 2 atom stereocenters. The van der Waals surface area contributed by atoms with Gasteiger partial charge < -0.3 is 10.1 Å². The maximum absolute atomic E-state index is 6.04. The van der Waals surface area contributed by atoms with E-state index in [0.29, 0.717) is 11.5 Å². The fourth-order valence-corrected chi connectivity index (χ4v) is 3.50. The molecule has 1 fully saturated rings. The molecule has 19 heavy (non-hydrogen) atoms. The Kier molecular flexibility index (Phi) is 3.50. The van der Waals surface area contributed by atoms with Crippen LogP contribution in [-0.2, 0) is 6.42 Å². The third-order valence-corrected chi connectivity index (χ3v) is 4.42. The second kappa shape index (κ2) is 5.14. The van der Waals surface area contributed by atoms with Gasteiger partial charge in [-0.25, -0.2) is 0 Å². The van der Waals surface area contributed by atoms with Crippen LogP contribution in [-0.4, -0.2) is 44.2 Å². The van der Waals surface area contributed by atoms with E-state index in [4.69, 9.17) is 4.74 Å². The molecule has 3 rings (SSSR count). The average molecular weight is 260 g/mol. The van der Waals surface area contributed by atoms with Gasteiger partial charge in [-0.2, -0.15) is 0 Å². The molecule has 1 aromatic rings. The SMILES string of the molecule is CNCC1(C)CCN(CC2Cc3ccccc3O2)C1. The molecule has 0 aromatic heterocycles. The molecule has 0 spiro atoms. The Morgan fingerprint density at radius 1 is 1.42 bits per heavy atom. The monoisotopic (exact) mass is 260 g/mol. The van der Waals surface area contributed by atoms with Crippen molar-refractivity contribution < 1.29 is 4.74 Å². The van der Waals surface area contributed by atoms with Crippen LogP contribution in [0.2, 0.25) is 0 Å². The van der Waals surface area contributed by atoms with E-state index in [9.17, 15) is 0 Å². The number of nitrogens with zero attached hydrogens (tertiary/aromatic N) is 1. The Morgan fingerprint density at radius 3 is 3.05 bits per heavy atom. The number of nitrogens with one attached hydrogen (secondary N) is 1. The highest BCUT2D eigenvalue weighted by Gasteiger charge is 2.35. The summed E-state index contributed by atoms with van der Waals surface area (Å²) in [7, 11) is 2.05. The Morgan fingerprint density at radius 2 is 2.26 bits per heavy atom. The second-order valence-electron chi connectivity index (χ2n) is 6.38. The van der Waals surface area contributed by atoms with Crippen LogP contribution in [0.1, 0.15) is 18.9 Å². The number of para-hydroxylation sites is 1. The van der Waals surface area contributed by atoms with E-state index in [1.807, 2.05) is 7.05 Å². The zero-order chi connectivity index (χ0) is 13.3. The van der Waals surface area contributed by atoms with Gasteiger partial charge in [0.25, 0.3) is 0 Å². The summed E-state index contributed by atoms with van der Waals surface area (Å²) in [6.07, 6.45) is 2.69. The summed E-state index contributed by atoms with van der Waals surface area (Å²) in [6, 6.07) is 8.43. The zero-order valence-corrected chi connectivity index (χ0v) is 12.0. The van der Waals surface area contributed by atoms with E-state index in [2.05, 4.69) is 41.4 Å². The smallest absolute Gasteiger partial charge is 0.123 e. The van der Waals surface area contributed by atoms with Gasteiger partial charge in [0.2, 0.25) is 0 Å². The van der Waals surface area contributed by atoms with Crippen LogP contribution in [0.3, 0.4) is 0 Å². The van der Waals surface area contributed by atoms with Crippen molar-refractivity contribution in [2.45, 2.75) is 25.9 Å². The number of benzene rings is 1. The lowest BCUT2D eigenvalue weighted by Gasteiger charge is -2.25. The molecular weight excluding hydrogens is 236 g/mol. The largest absolute Gasteiger partial charge is 0.488 e. The Hall–Kier alpha value is -1.06. The second-order valence-corrected chi connectivity index (χ2v) is 6.38. The van der Waals surface area contributed by atoms with Gasteiger partial charge in [-0.1, -0.05) is 25.1 Å². The molecule has 2 aliphatic rings. The summed E-state index contributed by atoms with van der Waals surface area (Å²) in [5.74, 6) is 1.09. The Labute approximate surface area is 115 Å². The highest BCUT2D eigenvalue weighted by Crippen LogP contribution is 2.32. The van der Waals surface area contributed by atoms with Gasteiger partial charge in [0.15, 0.2) is 0 Å². The number of ether oxygens (including phenoxy) is 1. The molecule has 2 unspecified atom stereocenters. The molecule has 2 aliphatic heterocycles. The fourth-order valence-electron chi connectivity index (χ4n) is 3.50. The van der Waals surface area contributed by atoms with Crippen LogP contribution in [0.25, 0.3) is 0 Å². The molecule has 1 N–H and O–H groups in total. The normalized spacial score (nSPS) is 30.3. The summed E-state index contributed by atoms with van der Waals surface area (Å²) in [5.41, 5.74) is 1.80. The molecule has 0 radical (unpaired) electrons. The predicted octanol–water partition coefficient (Wildman–Crippen LogP) is 1.92. The van der Waals surface area contributed by atoms with Gasteiger partial charge in [-0.3, -0.25) is 4.90 Å². The maximum Gasteiger partial charge on any atom is 0.123 e. The van der Waals surface area contributed by atoms with Crippen molar-refractivity contribution in [3.05, 3.63) is 29.8 Å². The van der Waals surface area contributed by atoms with E-state index in [-0.39, 0.29) is 0 Å². The van der Waals surface area contributed by atoms with E-state index < -0.39 is 0 Å². The molecule has 0 amide bonds. The number of rotatable bonds is 4. The van der Waals surface area contributed by atoms with Crippen LogP contribution in [0, 0.1) is 5.41 Å². The molecule has 3 heteroatoms. The highest BCUT2D eigenvalue weighted by atomic mass is 16.5. The molecule has 1 saturated heterocycles. The Bertz CT molecular complexity index is 423. The summed E-state index contributed by atoms with van der Waals surface area (Å²) >= 11 is 0. The quantitative estimate of drug-likeness (QED) is 0.895. The summed E-state index contributed by atoms with van der Waals surface area (Å²) in [5, 5.41) is 3.32. The molecule has 0 saturated carbocycles. The molecular formula is C16H24N2O. The van der Waals surface area contributed by atoms with Crippen LogP contribution >= 0.6 is 0 Å². The van der Waals surface area contributed by atoms with Crippen molar-refractivity contribution in [1.29, 1.82) is 0 Å². The van der Waals surface area contributed by atoms with E-state index in [1.165, 1.54) is 25.1 Å².